The quantitative estimate of drug-likeness (QED) is 0.178. The number of carbonyl (C=O) groups is 1. The second-order valence-corrected chi connectivity index (χ2v) is 14.0. The van der Waals surface area contributed by atoms with Crippen molar-refractivity contribution in [1.29, 1.82) is 0 Å². The lowest BCUT2D eigenvalue weighted by molar-refractivity contribution is -0.135. The van der Waals surface area contributed by atoms with E-state index in [1.807, 2.05) is 84.9 Å². The number of piperidine rings is 1. The van der Waals surface area contributed by atoms with E-state index < -0.39 is 22.9 Å². The summed E-state index contributed by atoms with van der Waals surface area (Å²) in [7, 11) is 2.15. The summed E-state index contributed by atoms with van der Waals surface area (Å²) in [5.41, 5.74) is 5.28. The smallest absolute Gasteiger partial charge is 0.192 e. The zero-order valence-electron chi connectivity index (χ0n) is 29.0. The van der Waals surface area contributed by atoms with Crippen molar-refractivity contribution in [2.24, 2.45) is 10.2 Å². The predicted octanol–water partition coefficient (Wildman–Crippen LogP) is 8.40. The standard InChI is InChI=1S/C46H39N5O/c1-49-32-45(40(34-20-8-2-9-21-34)42(36-24-12-4-13-25-36)47-50(45)38-28-16-6-17-29-38)44(52)46(33-49)41(35-22-10-3-11-23-35)43(37-26-14-5-15-27-37)48-51(46)39-30-18-7-19-31-39/h2-31,40-41H,32-33H2,1H3. The predicted molar refractivity (Wildman–Crippen MR) is 210 cm³/mol. The number of nitrogens with zero attached hydrogens (tertiary/aromatic N) is 5. The number of ketones is 1. The van der Waals surface area contributed by atoms with Gasteiger partial charge in [0.1, 0.15) is 11.1 Å². The molecule has 254 valence electrons. The molecule has 2 spiro atoms. The molecule has 6 nitrogen and oxygen atoms in total. The Morgan fingerprint density at radius 1 is 0.462 bits per heavy atom. The molecule has 52 heavy (non-hydrogen) atoms. The van der Waals surface area contributed by atoms with Crippen LogP contribution in [0.1, 0.15) is 34.1 Å². The van der Waals surface area contributed by atoms with Gasteiger partial charge in [0.25, 0.3) is 0 Å². The number of anilines is 2. The average Bonchev–Trinajstić information content (AvgIpc) is 3.73. The number of likely N-dealkylation sites (N-methyl/N-ethyl adjacent to an activating group) is 1. The Morgan fingerprint density at radius 2 is 0.769 bits per heavy atom. The van der Waals surface area contributed by atoms with Crippen LogP contribution >= 0.6 is 0 Å². The highest BCUT2D eigenvalue weighted by Crippen LogP contribution is 2.55. The lowest BCUT2D eigenvalue weighted by Crippen LogP contribution is -2.77. The van der Waals surface area contributed by atoms with Crippen LogP contribution in [0.4, 0.5) is 11.4 Å². The maximum Gasteiger partial charge on any atom is 0.192 e. The molecule has 4 atom stereocenters. The third-order valence-corrected chi connectivity index (χ3v) is 10.9. The number of hydrogen-bond acceptors (Lipinski definition) is 6. The van der Waals surface area contributed by atoms with Gasteiger partial charge in [-0.3, -0.25) is 4.79 Å². The molecule has 9 rings (SSSR count). The van der Waals surface area contributed by atoms with Gasteiger partial charge >= 0.3 is 0 Å². The molecule has 0 radical (unpaired) electrons. The Balaban J connectivity index is 1.36. The van der Waals surface area contributed by atoms with Crippen molar-refractivity contribution in [1.82, 2.24) is 4.90 Å². The molecule has 0 saturated carbocycles. The number of hydrogen-bond donors (Lipinski definition) is 0. The summed E-state index contributed by atoms with van der Waals surface area (Å²) in [6.07, 6.45) is 0. The van der Waals surface area contributed by atoms with Gasteiger partial charge in [-0.05, 0) is 53.6 Å². The molecule has 3 heterocycles. The summed E-state index contributed by atoms with van der Waals surface area (Å²) < 4.78 is 0. The maximum absolute atomic E-state index is 17.0. The van der Waals surface area contributed by atoms with Crippen LogP contribution in [-0.4, -0.2) is 53.3 Å². The second kappa shape index (κ2) is 12.9. The fourth-order valence-corrected chi connectivity index (χ4v) is 8.91. The van der Waals surface area contributed by atoms with Crippen molar-refractivity contribution in [2.45, 2.75) is 22.9 Å². The highest BCUT2D eigenvalue weighted by Gasteiger charge is 2.71. The molecule has 0 N–H and O–H groups in total. The Morgan fingerprint density at radius 3 is 1.12 bits per heavy atom. The van der Waals surface area contributed by atoms with Crippen LogP contribution < -0.4 is 10.0 Å². The highest BCUT2D eigenvalue weighted by molar-refractivity contribution is 6.21. The summed E-state index contributed by atoms with van der Waals surface area (Å²) in [4.78, 5) is 19.3. The van der Waals surface area contributed by atoms with Gasteiger partial charge < -0.3 is 4.90 Å². The largest absolute Gasteiger partial charge is 0.301 e. The molecule has 3 aliphatic rings. The summed E-state index contributed by atoms with van der Waals surface area (Å²) in [6, 6.07) is 62.0. The van der Waals surface area contributed by atoms with E-state index in [-0.39, 0.29) is 5.78 Å². The van der Waals surface area contributed by atoms with Crippen molar-refractivity contribution in [3.8, 4) is 0 Å². The minimum absolute atomic E-state index is 0.0953. The van der Waals surface area contributed by atoms with Crippen molar-refractivity contribution >= 4 is 28.6 Å². The summed E-state index contributed by atoms with van der Waals surface area (Å²) >= 11 is 0. The SMILES string of the molecule is CN1CC2(C(=O)C3(C1)C(c1ccccc1)C(c1ccccc1)=NN3c1ccccc1)C(c1ccccc1)C(c1ccccc1)=NN2c1ccccc1. The first-order valence-corrected chi connectivity index (χ1v) is 17.9. The number of para-hydroxylation sites is 2. The lowest BCUT2D eigenvalue weighted by Gasteiger charge is -2.55. The summed E-state index contributed by atoms with van der Waals surface area (Å²) in [6.45, 7) is 0.930. The Kier molecular flexibility index (Phi) is 7.90. The molecular weight excluding hydrogens is 639 g/mol. The van der Waals surface area contributed by atoms with E-state index in [2.05, 4.69) is 119 Å². The van der Waals surface area contributed by atoms with Crippen molar-refractivity contribution in [3.05, 3.63) is 204 Å². The summed E-state index contributed by atoms with van der Waals surface area (Å²) in [5.74, 6) is -0.686. The minimum atomic E-state index is -1.15. The van der Waals surface area contributed by atoms with Gasteiger partial charge in [0, 0.05) is 13.1 Å². The molecule has 6 aromatic rings. The second-order valence-electron chi connectivity index (χ2n) is 14.0. The first kappa shape index (κ1) is 31.8. The van der Waals surface area contributed by atoms with Crippen molar-refractivity contribution < 1.29 is 4.79 Å². The molecule has 0 amide bonds. The fraction of sp³-hybridized carbons (Fsp3) is 0.152. The first-order valence-electron chi connectivity index (χ1n) is 17.9. The zero-order valence-corrected chi connectivity index (χ0v) is 29.0. The molecule has 0 aromatic heterocycles. The molecule has 1 saturated heterocycles. The molecule has 6 heteroatoms. The molecule has 4 unspecified atom stereocenters. The minimum Gasteiger partial charge on any atom is -0.301 e. The van der Waals surface area contributed by atoms with Crippen molar-refractivity contribution in [2.75, 3.05) is 30.2 Å². The van der Waals surface area contributed by atoms with Crippen LogP contribution in [0.2, 0.25) is 0 Å². The monoisotopic (exact) mass is 677 g/mol. The average molecular weight is 678 g/mol. The topological polar surface area (TPSA) is 51.5 Å². The van der Waals surface area contributed by atoms with Crippen LogP contribution in [0.3, 0.4) is 0 Å². The van der Waals surface area contributed by atoms with Gasteiger partial charge in [-0.15, -0.1) is 0 Å². The van der Waals surface area contributed by atoms with Crippen LogP contribution in [0, 0.1) is 0 Å². The van der Waals surface area contributed by atoms with Gasteiger partial charge in [0.2, 0.25) is 0 Å². The number of Topliss-reactive ketones (excluding diaryl/α,β-unsaturated/α-hetero) is 1. The zero-order chi connectivity index (χ0) is 35.1. The molecule has 0 aliphatic carbocycles. The van der Waals surface area contributed by atoms with Gasteiger partial charge in [-0.2, -0.15) is 10.2 Å². The van der Waals surface area contributed by atoms with Crippen LogP contribution in [0.15, 0.2) is 192 Å². The number of rotatable bonds is 6. The fourth-order valence-electron chi connectivity index (χ4n) is 8.91. The molecule has 0 bridgehead atoms. The third-order valence-electron chi connectivity index (χ3n) is 10.9. The third kappa shape index (κ3) is 4.94. The van der Waals surface area contributed by atoms with E-state index in [1.54, 1.807) is 0 Å². The number of hydrazone groups is 2. The Labute approximate surface area is 305 Å². The number of carbonyl (C=O) groups excluding carboxylic acids is 1. The van der Waals surface area contributed by atoms with Crippen LogP contribution in [0.25, 0.3) is 0 Å². The van der Waals surface area contributed by atoms with E-state index in [1.165, 1.54) is 0 Å². The lowest BCUT2D eigenvalue weighted by atomic mass is 9.60. The normalized spacial score (nSPS) is 24.4. The van der Waals surface area contributed by atoms with Gasteiger partial charge in [0.15, 0.2) is 5.78 Å². The van der Waals surface area contributed by atoms with E-state index in [4.69, 9.17) is 10.2 Å². The maximum atomic E-state index is 17.0. The van der Waals surface area contributed by atoms with E-state index in [9.17, 15) is 0 Å². The summed E-state index contributed by atoms with van der Waals surface area (Å²) in [5, 5.41) is 15.2. The molecule has 6 aromatic carbocycles. The first-order chi connectivity index (χ1) is 25.6. The van der Waals surface area contributed by atoms with Crippen LogP contribution in [-0.2, 0) is 4.79 Å². The van der Waals surface area contributed by atoms with Crippen LogP contribution in [0.5, 0.6) is 0 Å². The van der Waals surface area contributed by atoms with E-state index >= 15 is 4.79 Å². The van der Waals surface area contributed by atoms with Gasteiger partial charge in [-0.25, -0.2) is 10.0 Å². The molecular formula is C46H39N5O. The molecule has 3 aliphatic heterocycles. The number of benzene rings is 6. The van der Waals surface area contributed by atoms with Gasteiger partial charge in [-0.1, -0.05) is 158 Å². The highest BCUT2D eigenvalue weighted by atomic mass is 16.1. The Hall–Kier alpha value is -6.11. The van der Waals surface area contributed by atoms with E-state index in [0.717, 1.165) is 45.1 Å². The molecule has 1 fully saturated rings. The Bertz CT molecular complexity index is 2090. The number of likely N-dealkylation sites (tertiary alicyclic amines) is 1. The van der Waals surface area contributed by atoms with Gasteiger partial charge in [0.05, 0.1) is 34.6 Å². The van der Waals surface area contributed by atoms with Crippen molar-refractivity contribution in [3.63, 3.8) is 0 Å². The van der Waals surface area contributed by atoms with E-state index in [0.29, 0.717) is 13.1 Å².